The van der Waals surface area contributed by atoms with Gasteiger partial charge in [0.15, 0.2) is 5.13 Å². The number of hydrogen-bond donors (Lipinski definition) is 1. The van der Waals surface area contributed by atoms with Crippen molar-refractivity contribution in [2.24, 2.45) is 5.92 Å². The van der Waals surface area contributed by atoms with E-state index >= 15 is 0 Å². The number of nitrogens with one attached hydrogen (secondary N) is 1. The molecule has 0 spiro atoms. The monoisotopic (exact) mass is 473 g/mol. The molecule has 1 fully saturated rings. The van der Waals surface area contributed by atoms with E-state index in [-0.39, 0.29) is 10.7 Å². The summed E-state index contributed by atoms with van der Waals surface area (Å²) >= 11 is 1.33. The second-order valence-electron chi connectivity index (χ2n) is 7.86. The van der Waals surface area contributed by atoms with Crippen LogP contribution in [0.15, 0.2) is 59.6 Å². The molecule has 0 atom stereocenters. The number of rotatable bonds is 7. The molecule has 0 unspecified atom stereocenters. The van der Waals surface area contributed by atoms with Crippen molar-refractivity contribution < 1.29 is 17.6 Å². The van der Waals surface area contributed by atoms with Crippen LogP contribution in [0.5, 0.6) is 0 Å². The molecule has 168 valence electrons. The summed E-state index contributed by atoms with van der Waals surface area (Å²) in [7, 11) is -3.61. The Morgan fingerprint density at radius 3 is 2.53 bits per heavy atom. The molecule has 2 heterocycles. The summed E-state index contributed by atoms with van der Waals surface area (Å²) in [6.45, 7) is 3.41. The van der Waals surface area contributed by atoms with Gasteiger partial charge in [-0.25, -0.2) is 17.8 Å². The lowest BCUT2D eigenvalue weighted by atomic mass is 9.98. The van der Waals surface area contributed by atoms with Gasteiger partial charge in [0.25, 0.3) is 0 Å². The van der Waals surface area contributed by atoms with Gasteiger partial charge in [-0.05, 0) is 55.5 Å². The molecule has 32 heavy (non-hydrogen) atoms. The Labute approximate surface area is 191 Å². The average molecular weight is 474 g/mol. The molecule has 4 rings (SSSR count). The van der Waals surface area contributed by atoms with Gasteiger partial charge >= 0.3 is 0 Å². The van der Waals surface area contributed by atoms with Crippen LogP contribution in [0.4, 0.5) is 9.52 Å². The molecule has 0 saturated carbocycles. The summed E-state index contributed by atoms with van der Waals surface area (Å²) in [6, 6.07) is 12.4. The number of aromatic nitrogens is 1. The van der Waals surface area contributed by atoms with Gasteiger partial charge in [-0.3, -0.25) is 4.79 Å². The van der Waals surface area contributed by atoms with Gasteiger partial charge < -0.3 is 5.32 Å². The standard InChI is InChI=1S/C23H24FN3O3S2/c1-16-4-2-3-5-20(16)22(28)21-15-26-23(31-21)25-14-17-10-12-27(13-11-17)32(29,30)19-8-6-18(24)7-9-19/h2-9,15,17H,10-14H2,1H3,(H,25,26). The number of nitrogens with zero attached hydrogens (tertiary/aromatic N) is 2. The maximum atomic E-state index is 13.1. The zero-order chi connectivity index (χ0) is 22.7. The van der Waals surface area contributed by atoms with Gasteiger partial charge in [-0.15, -0.1) is 0 Å². The van der Waals surface area contributed by atoms with Gasteiger partial charge in [0.05, 0.1) is 16.0 Å². The lowest BCUT2D eigenvalue weighted by Crippen LogP contribution is -2.39. The van der Waals surface area contributed by atoms with E-state index in [0.29, 0.717) is 54.0 Å². The molecule has 1 aliphatic heterocycles. The predicted octanol–water partition coefficient (Wildman–Crippen LogP) is 4.33. The van der Waals surface area contributed by atoms with Crippen molar-refractivity contribution in [1.82, 2.24) is 9.29 Å². The van der Waals surface area contributed by atoms with Gasteiger partial charge in [-0.1, -0.05) is 35.6 Å². The highest BCUT2D eigenvalue weighted by Gasteiger charge is 2.29. The van der Waals surface area contributed by atoms with Crippen molar-refractivity contribution in [2.45, 2.75) is 24.7 Å². The number of halogens is 1. The van der Waals surface area contributed by atoms with Crippen LogP contribution < -0.4 is 5.32 Å². The first-order chi connectivity index (χ1) is 15.3. The Morgan fingerprint density at radius 2 is 1.84 bits per heavy atom. The van der Waals surface area contributed by atoms with E-state index in [9.17, 15) is 17.6 Å². The number of piperidine rings is 1. The first-order valence-corrected chi connectivity index (χ1v) is 12.7. The molecule has 3 aromatic rings. The van der Waals surface area contributed by atoms with E-state index in [4.69, 9.17) is 0 Å². The zero-order valence-corrected chi connectivity index (χ0v) is 19.3. The molecule has 1 N–H and O–H groups in total. The molecule has 1 aromatic heterocycles. The van der Waals surface area contributed by atoms with Gasteiger partial charge in [0, 0.05) is 25.2 Å². The van der Waals surface area contributed by atoms with Crippen LogP contribution in [-0.4, -0.2) is 43.1 Å². The summed E-state index contributed by atoms with van der Waals surface area (Å²) in [4.78, 5) is 17.7. The van der Waals surface area contributed by atoms with Crippen LogP contribution >= 0.6 is 11.3 Å². The first-order valence-electron chi connectivity index (χ1n) is 10.4. The van der Waals surface area contributed by atoms with Crippen LogP contribution in [0.3, 0.4) is 0 Å². The molecule has 0 radical (unpaired) electrons. The Balaban J connectivity index is 1.31. The number of ketones is 1. The van der Waals surface area contributed by atoms with Crippen LogP contribution in [0.25, 0.3) is 0 Å². The third kappa shape index (κ3) is 4.90. The fraction of sp³-hybridized carbons (Fsp3) is 0.304. The van der Waals surface area contributed by atoms with Crippen LogP contribution in [0.1, 0.15) is 33.6 Å². The van der Waals surface area contributed by atoms with E-state index in [1.807, 2.05) is 31.2 Å². The van der Waals surface area contributed by atoms with Crippen molar-refractivity contribution in [2.75, 3.05) is 25.0 Å². The highest BCUT2D eigenvalue weighted by Crippen LogP contribution is 2.26. The largest absolute Gasteiger partial charge is 0.361 e. The van der Waals surface area contributed by atoms with Gasteiger partial charge in [0.2, 0.25) is 15.8 Å². The van der Waals surface area contributed by atoms with Crippen molar-refractivity contribution in [3.8, 4) is 0 Å². The van der Waals surface area contributed by atoms with E-state index in [0.717, 1.165) is 17.7 Å². The van der Waals surface area contributed by atoms with E-state index in [1.54, 1.807) is 6.20 Å². The minimum Gasteiger partial charge on any atom is -0.361 e. The van der Waals surface area contributed by atoms with Crippen molar-refractivity contribution in [1.29, 1.82) is 0 Å². The molecule has 2 aromatic carbocycles. The van der Waals surface area contributed by atoms with Crippen LogP contribution in [0, 0.1) is 18.7 Å². The molecule has 1 saturated heterocycles. The normalized spacial score (nSPS) is 15.6. The number of aryl methyl sites for hydroxylation is 1. The Bertz CT molecular complexity index is 1200. The quantitative estimate of drug-likeness (QED) is 0.517. The van der Waals surface area contributed by atoms with Crippen LogP contribution in [-0.2, 0) is 10.0 Å². The second kappa shape index (κ2) is 9.48. The number of benzene rings is 2. The third-order valence-corrected chi connectivity index (χ3v) is 8.55. The number of carbonyl (C=O) groups excluding carboxylic acids is 1. The summed E-state index contributed by atoms with van der Waals surface area (Å²) in [6.07, 6.45) is 3.03. The molecule has 9 heteroatoms. The second-order valence-corrected chi connectivity index (χ2v) is 10.8. The summed E-state index contributed by atoms with van der Waals surface area (Å²) < 4.78 is 40.0. The Hall–Kier alpha value is -2.62. The maximum absolute atomic E-state index is 13.1. The number of carbonyl (C=O) groups is 1. The van der Waals surface area contributed by atoms with Crippen LogP contribution in [0.2, 0.25) is 0 Å². The Kier molecular flexibility index (Phi) is 6.68. The van der Waals surface area contributed by atoms with Crippen molar-refractivity contribution >= 4 is 32.3 Å². The summed E-state index contributed by atoms with van der Waals surface area (Å²) in [5.74, 6) is -0.193. The zero-order valence-electron chi connectivity index (χ0n) is 17.6. The third-order valence-electron chi connectivity index (χ3n) is 5.69. The summed E-state index contributed by atoms with van der Waals surface area (Å²) in [5, 5.41) is 3.98. The lowest BCUT2D eigenvalue weighted by molar-refractivity contribution is 0.104. The fourth-order valence-corrected chi connectivity index (χ4v) is 6.01. The number of sulfonamides is 1. The van der Waals surface area contributed by atoms with E-state index < -0.39 is 15.8 Å². The molecule has 0 amide bonds. The van der Waals surface area contributed by atoms with Gasteiger partial charge in [-0.2, -0.15) is 4.31 Å². The number of thiazole rings is 1. The molecular weight excluding hydrogens is 449 g/mol. The SMILES string of the molecule is Cc1ccccc1C(=O)c1cnc(NCC2CCN(S(=O)(=O)c3ccc(F)cc3)CC2)s1. The first kappa shape index (κ1) is 22.6. The summed E-state index contributed by atoms with van der Waals surface area (Å²) in [5.41, 5.74) is 1.61. The highest BCUT2D eigenvalue weighted by molar-refractivity contribution is 7.89. The molecule has 0 bridgehead atoms. The molecule has 0 aliphatic carbocycles. The molecule has 1 aliphatic rings. The maximum Gasteiger partial charge on any atom is 0.243 e. The van der Waals surface area contributed by atoms with Crippen molar-refractivity contribution in [3.63, 3.8) is 0 Å². The number of hydrogen-bond acceptors (Lipinski definition) is 6. The lowest BCUT2D eigenvalue weighted by Gasteiger charge is -2.31. The number of anilines is 1. The van der Waals surface area contributed by atoms with E-state index in [2.05, 4.69) is 10.3 Å². The molecular formula is C23H24FN3O3S2. The molecule has 6 nitrogen and oxygen atoms in total. The van der Waals surface area contributed by atoms with Crippen molar-refractivity contribution in [3.05, 3.63) is 76.5 Å². The predicted molar refractivity (Wildman–Crippen MR) is 123 cm³/mol. The fourth-order valence-electron chi connectivity index (χ4n) is 3.76. The minimum absolute atomic E-state index is 0.0343. The Morgan fingerprint density at radius 1 is 1.16 bits per heavy atom. The average Bonchev–Trinajstić information content (AvgIpc) is 3.27. The van der Waals surface area contributed by atoms with Gasteiger partial charge in [0.1, 0.15) is 5.82 Å². The van der Waals surface area contributed by atoms with E-state index in [1.165, 1.54) is 27.8 Å². The highest BCUT2D eigenvalue weighted by atomic mass is 32.2. The smallest absolute Gasteiger partial charge is 0.243 e. The minimum atomic E-state index is -3.61. The topological polar surface area (TPSA) is 79.4 Å².